The van der Waals surface area contributed by atoms with E-state index in [1.807, 2.05) is 30.3 Å². The van der Waals surface area contributed by atoms with Crippen molar-refractivity contribution in [3.63, 3.8) is 0 Å². The van der Waals surface area contributed by atoms with Gasteiger partial charge in [-0.15, -0.1) is 0 Å². The molecule has 8 heteroatoms. The third-order valence-corrected chi connectivity index (χ3v) is 4.48. The summed E-state index contributed by atoms with van der Waals surface area (Å²) in [4.78, 5) is 23.6. The first-order chi connectivity index (χ1) is 11.5. The van der Waals surface area contributed by atoms with E-state index in [1.165, 1.54) is 7.05 Å². The van der Waals surface area contributed by atoms with Gasteiger partial charge in [0.25, 0.3) is 5.91 Å². The van der Waals surface area contributed by atoms with Crippen molar-refractivity contribution in [3.8, 4) is 6.07 Å². The first kappa shape index (κ1) is 17.4. The van der Waals surface area contributed by atoms with Gasteiger partial charge in [-0.25, -0.2) is 0 Å². The highest BCUT2D eigenvalue weighted by molar-refractivity contribution is 8.03. The number of carbonyl (C=O) groups is 2. The maximum atomic E-state index is 12.5. The molecule has 1 heterocycles. The molecule has 0 bridgehead atoms. The SMILES string of the molecule is CNC(=O)C1=C(SCC(N)=O)NC(N)=C(C#N)C1c1ccccc1. The number of primary amides is 1. The molecule has 0 radical (unpaired) electrons. The van der Waals surface area contributed by atoms with Crippen LogP contribution in [0.25, 0.3) is 0 Å². The molecule has 0 saturated carbocycles. The lowest BCUT2D eigenvalue weighted by Gasteiger charge is -2.29. The highest BCUT2D eigenvalue weighted by Gasteiger charge is 2.35. The van der Waals surface area contributed by atoms with E-state index in [2.05, 4.69) is 16.7 Å². The summed E-state index contributed by atoms with van der Waals surface area (Å²) in [6.07, 6.45) is 0. The normalized spacial score (nSPS) is 17.1. The second kappa shape index (κ2) is 7.57. The first-order valence-corrected chi connectivity index (χ1v) is 8.07. The maximum Gasteiger partial charge on any atom is 0.250 e. The molecule has 2 rings (SSSR count). The second-order valence-electron chi connectivity index (χ2n) is 4.98. The number of rotatable bonds is 5. The molecule has 0 aliphatic carbocycles. The Morgan fingerprint density at radius 1 is 1.38 bits per heavy atom. The second-order valence-corrected chi connectivity index (χ2v) is 5.97. The van der Waals surface area contributed by atoms with E-state index in [0.29, 0.717) is 10.6 Å². The van der Waals surface area contributed by atoms with Crippen molar-refractivity contribution < 1.29 is 9.59 Å². The van der Waals surface area contributed by atoms with Gasteiger partial charge in [-0.3, -0.25) is 9.59 Å². The van der Waals surface area contributed by atoms with Crippen LogP contribution in [-0.2, 0) is 9.59 Å². The molecule has 1 aliphatic rings. The molecular weight excluding hydrogens is 326 g/mol. The summed E-state index contributed by atoms with van der Waals surface area (Å²) >= 11 is 1.08. The lowest BCUT2D eigenvalue weighted by atomic mass is 9.83. The number of nitriles is 1. The topological polar surface area (TPSA) is 134 Å². The van der Waals surface area contributed by atoms with E-state index in [4.69, 9.17) is 11.5 Å². The highest BCUT2D eigenvalue weighted by Crippen LogP contribution is 2.39. The fourth-order valence-corrected chi connectivity index (χ4v) is 3.25. The van der Waals surface area contributed by atoms with Crippen LogP contribution in [0.15, 0.2) is 52.3 Å². The van der Waals surface area contributed by atoms with Crippen molar-refractivity contribution in [2.75, 3.05) is 12.8 Å². The Morgan fingerprint density at radius 2 is 2.04 bits per heavy atom. The fraction of sp³-hybridized carbons (Fsp3) is 0.188. The number of amides is 2. The third-order valence-electron chi connectivity index (χ3n) is 3.44. The van der Waals surface area contributed by atoms with Crippen molar-refractivity contribution in [1.29, 1.82) is 5.26 Å². The Bertz CT molecular complexity index is 764. The smallest absolute Gasteiger partial charge is 0.250 e. The van der Waals surface area contributed by atoms with E-state index in [-0.39, 0.29) is 23.1 Å². The van der Waals surface area contributed by atoms with Crippen molar-refractivity contribution in [1.82, 2.24) is 10.6 Å². The van der Waals surface area contributed by atoms with E-state index < -0.39 is 11.8 Å². The van der Waals surface area contributed by atoms with E-state index in [9.17, 15) is 14.9 Å². The molecule has 6 N–H and O–H groups in total. The van der Waals surface area contributed by atoms with Gasteiger partial charge in [0.2, 0.25) is 5.91 Å². The number of benzene rings is 1. The number of thioether (sulfide) groups is 1. The standard InChI is InChI=1S/C16H17N5O2S/c1-20-15(23)13-12(9-5-3-2-4-6-9)10(7-17)14(19)21-16(13)24-8-11(18)22/h2-6,12,21H,8,19H2,1H3,(H2,18,22)(H,20,23). The summed E-state index contributed by atoms with van der Waals surface area (Å²) in [5.41, 5.74) is 12.5. The number of nitrogens with zero attached hydrogens (tertiary/aromatic N) is 1. The van der Waals surface area contributed by atoms with Crippen LogP contribution in [0.2, 0.25) is 0 Å². The van der Waals surface area contributed by atoms with E-state index in [1.54, 1.807) is 0 Å². The fourth-order valence-electron chi connectivity index (χ4n) is 2.42. The molecule has 1 aromatic carbocycles. The zero-order chi connectivity index (χ0) is 17.7. The van der Waals surface area contributed by atoms with Gasteiger partial charge in [-0.1, -0.05) is 42.1 Å². The monoisotopic (exact) mass is 343 g/mol. The van der Waals surface area contributed by atoms with Gasteiger partial charge in [0, 0.05) is 7.05 Å². The number of nitrogens with two attached hydrogens (primary N) is 2. The Labute approximate surface area is 143 Å². The quantitative estimate of drug-likeness (QED) is 0.605. The Balaban J connectivity index is 2.61. The minimum absolute atomic E-state index is 0.0144. The van der Waals surface area contributed by atoms with Crippen molar-refractivity contribution >= 4 is 23.6 Å². The zero-order valence-corrected chi connectivity index (χ0v) is 13.8. The molecule has 0 aromatic heterocycles. The summed E-state index contributed by atoms with van der Waals surface area (Å²) < 4.78 is 0. The molecule has 1 atom stereocenters. The van der Waals surface area contributed by atoms with Crippen LogP contribution in [-0.4, -0.2) is 24.6 Å². The molecule has 124 valence electrons. The predicted molar refractivity (Wildman–Crippen MR) is 91.9 cm³/mol. The van der Waals surface area contributed by atoms with Crippen LogP contribution in [0.5, 0.6) is 0 Å². The summed E-state index contributed by atoms with van der Waals surface area (Å²) in [7, 11) is 1.50. The molecule has 7 nitrogen and oxygen atoms in total. The summed E-state index contributed by atoms with van der Waals surface area (Å²) in [5.74, 6) is -1.35. The van der Waals surface area contributed by atoms with Crippen molar-refractivity contribution in [2.45, 2.75) is 5.92 Å². The Morgan fingerprint density at radius 3 is 2.58 bits per heavy atom. The van der Waals surface area contributed by atoms with Gasteiger partial charge in [0.15, 0.2) is 0 Å². The van der Waals surface area contributed by atoms with Crippen LogP contribution in [0, 0.1) is 11.3 Å². The van der Waals surface area contributed by atoms with Crippen molar-refractivity contribution in [2.24, 2.45) is 11.5 Å². The molecule has 1 aromatic rings. The lowest BCUT2D eigenvalue weighted by molar-refractivity contribution is -0.117. The average molecular weight is 343 g/mol. The molecule has 24 heavy (non-hydrogen) atoms. The lowest BCUT2D eigenvalue weighted by Crippen LogP contribution is -2.36. The molecular formula is C16H17N5O2S. The molecule has 2 amide bonds. The number of nitrogens with one attached hydrogen (secondary N) is 2. The number of hydrogen-bond acceptors (Lipinski definition) is 6. The number of allylic oxidation sites excluding steroid dienone is 1. The molecule has 0 fully saturated rings. The summed E-state index contributed by atoms with van der Waals surface area (Å²) in [6.45, 7) is 0. The van der Waals surface area contributed by atoms with Gasteiger partial charge in [-0.05, 0) is 5.56 Å². The molecule has 1 aliphatic heterocycles. The van der Waals surface area contributed by atoms with Gasteiger partial charge in [0.05, 0.1) is 33.9 Å². The van der Waals surface area contributed by atoms with Crippen LogP contribution in [0.1, 0.15) is 11.5 Å². The number of carbonyl (C=O) groups excluding carboxylic acids is 2. The van der Waals surface area contributed by atoms with E-state index >= 15 is 0 Å². The van der Waals surface area contributed by atoms with Crippen LogP contribution < -0.4 is 22.1 Å². The minimum atomic E-state index is -0.618. The first-order valence-electron chi connectivity index (χ1n) is 7.08. The zero-order valence-electron chi connectivity index (χ0n) is 13.0. The third kappa shape index (κ3) is 3.52. The Kier molecular flexibility index (Phi) is 5.50. The molecule has 1 unspecified atom stereocenters. The van der Waals surface area contributed by atoms with Crippen LogP contribution >= 0.6 is 11.8 Å². The predicted octanol–water partition coefficient (Wildman–Crippen LogP) is 0.243. The number of likely N-dealkylation sites (N-methyl/N-ethyl adjacent to an activating group) is 1. The van der Waals surface area contributed by atoms with Crippen LogP contribution in [0.3, 0.4) is 0 Å². The van der Waals surface area contributed by atoms with E-state index in [0.717, 1.165) is 17.3 Å². The van der Waals surface area contributed by atoms with Crippen LogP contribution in [0.4, 0.5) is 0 Å². The summed E-state index contributed by atoms with van der Waals surface area (Å²) in [6, 6.07) is 11.2. The van der Waals surface area contributed by atoms with Crippen molar-refractivity contribution in [3.05, 3.63) is 57.9 Å². The summed E-state index contributed by atoms with van der Waals surface area (Å²) in [5, 5.41) is 15.3. The van der Waals surface area contributed by atoms with Gasteiger partial charge in [0.1, 0.15) is 5.82 Å². The Hall–Kier alpha value is -2.92. The average Bonchev–Trinajstić information content (AvgIpc) is 2.59. The molecule has 0 spiro atoms. The van der Waals surface area contributed by atoms with Gasteiger partial charge in [-0.2, -0.15) is 5.26 Å². The largest absolute Gasteiger partial charge is 0.384 e. The minimum Gasteiger partial charge on any atom is -0.384 e. The highest BCUT2D eigenvalue weighted by atomic mass is 32.2. The van der Waals surface area contributed by atoms with Gasteiger partial charge < -0.3 is 22.1 Å². The maximum absolute atomic E-state index is 12.5. The number of hydrogen-bond donors (Lipinski definition) is 4. The molecule has 0 saturated heterocycles. The number of dihydropyridines is 1. The van der Waals surface area contributed by atoms with Gasteiger partial charge >= 0.3 is 0 Å².